The van der Waals surface area contributed by atoms with Gasteiger partial charge in [-0.1, -0.05) is 72.7 Å². The highest BCUT2D eigenvalue weighted by Gasteiger charge is 2.37. The number of rotatable bonds is 8. The van der Waals surface area contributed by atoms with Crippen molar-refractivity contribution in [3.63, 3.8) is 0 Å². The molecule has 0 saturated carbocycles. The zero-order valence-electron chi connectivity index (χ0n) is 17.4. The number of aliphatic imine (C=N–C) groups is 1. The molecule has 2 aromatic carbocycles. The molecule has 156 valence electrons. The summed E-state index contributed by atoms with van der Waals surface area (Å²) in [7, 11) is 3.35. The molecule has 2 heterocycles. The summed E-state index contributed by atoms with van der Waals surface area (Å²) >= 11 is 0. The van der Waals surface area contributed by atoms with Gasteiger partial charge in [-0.25, -0.2) is 4.99 Å². The molecule has 4 rings (SSSR count). The predicted molar refractivity (Wildman–Crippen MR) is 115 cm³/mol. The molecule has 0 bridgehead atoms. The van der Waals surface area contributed by atoms with Crippen LogP contribution in [0.25, 0.3) is 11.3 Å². The monoisotopic (exact) mass is 406 g/mol. The Bertz CT molecular complexity index is 985. The molecule has 1 aromatic heterocycles. The predicted octanol–water partition coefficient (Wildman–Crippen LogP) is 4.62. The molecule has 0 N–H and O–H groups in total. The molecule has 30 heavy (non-hydrogen) atoms. The average molecular weight is 406 g/mol. The Morgan fingerprint density at radius 3 is 2.33 bits per heavy atom. The van der Waals surface area contributed by atoms with E-state index >= 15 is 0 Å². The number of benzene rings is 2. The molecule has 0 aliphatic carbocycles. The number of ether oxygens (including phenoxy) is 3. The van der Waals surface area contributed by atoms with E-state index in [0.717, 1.165) is 22.4 Å². The highest BCUT2D eigenvalue weighted by atomic mass is 16.5. The van der Waals surface area contributed by atoms with Gasteiger partial charge in [-0.3, -0.25) is 0 Å². The maximum atomic E-state index is 6.42. The van der Waals surface area contributed by atoms with Crippen LogP contribution in [0.15, 0.2) is 70.2 Å². The maximum absolute atomic E-state index is 6.42. The second-order valence-electron chi connectivity index (χ2n) is 7.40. The summed E-state index contributed by atoms with van der Waals surface area (Å²) in [6.07, 6.45) is -0.231. The molecule has 6 nitrogen and oxygen atoms in total. The second kappa shape index (κ2) is 9.24. The van der Waals surface area contributed by atoms with Crippen molar-refractivity contribution in [1.29, 1.82) is 0 Å². The van der Waals surface area contributed by atoms with Crippen molar-refractivity contribution in [3.05, 3.63) is 77.6 Å². The van der Waals surface area contributed by atoms with E-state index in [1.807, 2.05) is 67.6 Å². The van der Waals surface area contributed by atoms with Gasteiger partial charge < -0.3 is 18.7 Å². The van der Waals surface area contributed by atoms with Crippen molar-refractivity contribution in [2.75, 3.05) is 27.4 Å². The van der Waals surface area contributed by atoms with Crippen molar-refractivity contribution in [2.24, 2.45) is 4.99 Å². The van der Waals surface area contributed by atoms with Crippen LogP contribution in [0, 0.1) is 0 Å². The van der Waals surface area contributed by atoms with Gasteiger partial charge >= 0.3 is 0 Å². The summed E-state index contributed by atoms with van der Waals surface area (Å²) in [6.45, 7) is 3.00. The smallest absolute Gasteiger partial charge is 0.223 e. The van der Waals surface area contributed by atoms with Crippen LogP contribution in [0.2, 0.25) is 0 Å². The van der Waals surface area contributed by atoms with Gasteiger partial charge in [0, 0.05) is 25.7 Å². The van der Waals surface area contributed by atoms with Crippen molar-refractivity contribution in [3.8, 4) is 11.3 Å². The molecule has 3 atom stereocenters. The van der Waals surface area contributed by atoms with Crippen molar-refractivity contribution < 1.29 is 18.7 Å². The fourth-order valence-electron chi connectivity index (χ4n) is 3.76. The molecule has 0 unspecified atom stereocenters. The normalized spacial score (nSPS) is 19.4. The third-order valence-corrected chi connectivity index (χ3v) is 5.18. The Labute approximate surface area is 176 Å². The minimum Gasteiger partial charge on any atom is -0.467 e. The van der Waals surface area contributed by atoms with Crippen molar-refractivity contribution in [1.82, 2.24) is 5.16 Å². The summed E-state index contributed by atoms with van der Waals surface area (Å²) in [5.74, 6) is 1.24. The molecule has 1 aliphatic rings. The lowest BCUT2D eigenvalue weighted by Crippen LogP contribution is -2.19. The van der Waals surface area contributed by atoms with E-state index in [1.165, 1.54) is 0 Å². The van der Waals surface area contributed by atoms with Crippen LogP contribution in [-0.2, 0) is 14.2 Å². The van der Waals surface area contributed by atoms with E-state index in [0.29, 0.717) is 24.9 Å². The molecule has 6 heteroatoms. The van der Waals surface area contributed by atoms with E-state index < -0.39 is 0 Å². The first-order chi connectivity index (χ1) is 14.7. The quantitative estimate of drug-likeness (QED) is 0.546. The molecule has 1 aliphatic heterocycles. The van der Waals surface area contributed by atoms with Crippen molar-refractivity contribution >= 4 is 5.90 Å². The fourth-order valence-corrected chi connectivity index (χ4v) is 3.76. The molecule has 0 spiro atoms. The Morgan fingerprint density at radius 2 is 1.67 bits per heavy atom. The first kappa shape index (κ1) is 20.3. The molecule has 0 fully saturated rings. The van der Waals surface area contributed by atoms with Gasteiger partial charge in [0.15, 0.2) is 11.9 Å². The molecular formula is C24H26N2O4. The largest absolute Gasteiger partial charge is 0.467 e. The van der Waals surface area contributed by atoms with Crippen LogP contribution >= 0.6 is 0 Å². The summed E-state index contributed by atoms with van der Waals surface area (Å²) in [5, 5.41) is 4.38. The number of hydrogen-bond acceptors (Lipinski definition) is 6. The molecule has 0 saturated heterocycles. The summed E-state index contributed by atoms with van der Waals surface area (Å²) in [4.78, 5) is 4.90. The minimum absolute atomic E-state index is 0.00193. The van der Waals surface area contributed by atoms with Crippen LogP contribution in [0.4, 0.5) is 0 Å². The van der Waals surface area contributed by atoms with Crippen LogP contribution in [0.5, 0.6) is 0 Å². The Balaban J connectivity index is 1.78. The van der Waals surface area contributed by atoms with E-state index in [2.05, 4.69) is 5.16 Å². The second-order valence-corrected chi connectivity index (χ2v) is 7.40. The third kappa shape index (κ3) is 4.01. The number of nitrogens with zero attached hydrogens (tertiary/aromatic N) is 2. The molecule has 0 amide bonds. The Morgan fingerprint density at radius 1 is 0.967 bits per heavy atom. The van der Waals surface area contributed by atoms with E-state index in [4.69, 9.17) is 23.7 Å². The van der Waals surface area contributed by atoms with Gasteiger partial charge in [-0.2, -0.15) is 0 Å². The van der Waals surface area contributed by atoms with Crippen LogP contribution < -0.4 is 0 Å². The Hall–Kier alpha value is -2.96. The van der Waals surface area contributed by atoms with E-state index in [1.54, 1.807) is 14.2 Å². The van der Waals surface area contributed by atoms with Gasteiger partial charge in [0.2, 0.25) is 5.90 Å². The van der Waals surface area contributed by atoms with Crippen LogP contribution in [0.1, 0.15) is 35.8 Å². The maximum Gasteiger partial charge on any atom is 0.223 e. The number of methoxy groups -OCH3 is 2. The molecular weight excluding hydrogens is 380 g/mol. The third-order valence-electron chi connectivity index (χ3n) is 5.18. The van der Waals surface area contributed by atoms with Gasteiger partial charge in [0.25, 0.3) is 0 Å². The topological polar surface area (TPSA) is 66.1 Å². The molecule has 3 aromatic rings. The zero-order valence-corrected chi connectivity index (χ0v) is 17.4. The zero-order chi connectivity index (χ0) is 20.9. The standard InChI is InChI=1S/C24H26N2O4/c1-16(14-27-2)22-20(21(26-30-22)17-10-6-4-7-11-17)24-25-19(15-28-3)23(29-24)18-12-8-5-9-13-18/h4-13,16,19,23H,14-15H2,1-3H3/t16-,19+,23+/m1/s1. The van der Waals surface area contributed by atoms with Crippen LogP contribution in [-0.4, -0.2) is 44.5 Å². The SMILES string of the molecule is COC[C@@H](C)c1onc(-c2ccccc2)c1C1=N[C@@H](COC)[C@H](c2ccccc2)O1. The molecule has 0 radical (unpaired) electrons. The van der Waals surface area contributed by atoms with Crippen molar-refractivity contribution in [2.45, 2.75) is 25.0 Å². The first-order valence-electron chi connectivity index (χ1n) is 10.1. The number of hydrogen-bond donors (Lipinski definition) is 0. The average Bonchev–Trinajstić information content (AvgIpc) is 3.40. The van der Waals surface area contributed by atoms with E-state index in [-0.39, 0.29) is 18.1 Å². The van der Waals surface area contributed by atoms with Gasteiger partial charge in [-0.15, -0.1) is 0 Å². The summed E-state index contributed by atoms with van der Waals surface area (Å²) < 4.78 is 23.0. The van der Waals surface area contributed by atoms with Crippen LogP contribution in [0.3, 0.4) is 0 Å². The lowest BCUT2D eigenvalue weighted by atomic mass is 10.00. The summed E-state index contributed by atoms with van der Waals surface area (Å²) in [5.41, 5.74) is 3.51. The highest BCUT2D eigenvalue weighted by molar-refractivity contribution is 6.02. The Kier molecular flexibility index (Phi) is 6.26. The lowest BCUT2D eigenvalue weighted by molar-refractivity contribution is 0.120. The van der Waals surface area contributed by atoms with Gasteiger partial charge in [0.05, 0.1) is 13.2 Å². The lowest BCUT2D eigenvalue weighted by Gasteiger charge is -2.17. The van der Waals surface area contributed by atoms with E-state index in [9.17, 15) is 0 Å². The minimum atomic E-state index is -0.231. The summed E-state index contributed by atoms with van der Waals surface area (Å²) in [6, 6.07) is 19.9. The van der Waals surface area contributed by atoms with Gasteiger partial charge in [0.1, 0.15) is 17.3 Å². The highest BCUT2D eigenvalue weighted by Crippen LogP contribution is 2.37. The van der Waals surface area contributed by atoms with Gasteiger partial charge in [-0.05, 0) is 5.56 Å². The first-order valence-corrected chi connectivity index (χ1v) is 10.1. The fraction of sp³-hybridized carbons (Fsp3) is 0.333. The number of aromatic nitrogens is 1.